The fourth-order valence-electron chi connectivity index (χ4n) is 2.89. The Morgan fingerprint density at radius 2 is 1.65 bits per heavy atom. The van der Waals surface area contributed by atoms with Crippen LogP contribution in [0, 0.1) is 0 Å². The van der Waals surface area contributed by atoms with Crippen molar-refractivity contribution in [2.24, 2.45) is 5.14 Å². The molecular weight excluding hydrogens is 479 g/mol. The van der Waals surface area contributed by atoms with E-state index in [0.717, 1.165) is 35.4 Å². The lowest BCUT2D eigenvalue weighted by Crippen LogP contribution is -2.17. The standard InChI is InChI=1S/C22H22Cl2N2O3S.ClH/c23-19-8-7-18(21(24)13-19)15-29-22-4-2-1-3-17(22)14-26-12-11-16-5-9-20(10-6-16)30(25,27)28;/h1-10,13,26H,11-12,14-15H2,(H2,25,27,28);1H. The maximum Gasteiger partial charge on any atom is 0.238 e. The lowest BCUT2D eigenvalue weighted by atomic mass is 10.1. The normalized spacial score (nSPS) is 11.1. The molecule has 0 unspecified atom stereocenters. The van der Waals surface area contributed by atoms with Crippen molar-refractivity contribution in [1.29, 1.82) is 0 Å². The molecule has 0 aliphatic carbocycles. The van der Waals surface area contributed by atoms with Crippen LogP contribution in [-0.2, 0) is 29.6 Å². The number of sulfonamides is 1. The van der Waals surface area contributed by atoms with Crippen LogP contribution in [0.2, 0.25) is 10.0 Å². The highest BCUT2D eigenvalue weighted by Gasteiger charge is 2.08. The third kappa shape index (κ3) is 7.68. The van der Waals surface area contributed by atoms with Gasteiger partial charge in [0.05, 0.1) is 4.90 Å². The molecule has 0 radical (unpaired) electrons. The first kappa shape index (κ1) is 25.5. The van der Waals surface area contributed by atoms with Crippen LogP contribution in [-0.4, -0.2) is 15.0 Å². The van der Waals surface area contributed by atoms with Gasteiger partial charge in [0.1, 0.15) is 12.4 Å². The Bertz CT molecular complexity index is 1110. The summed E-state index contributed by atoms with van der Waals surface area (Å²) in [4.78, 5) is 0.117. The van der Waals surface area contributed by atoms with E-state index in [4.69, 9.17) is 33.1 Å². The SMILES string of the molecule is Cl.NS(=O)(=O)c1ccc(CCNCc2ccccc2OCc2ccc(Cl)cc2Cl)cc1. The van der Waals surface area contributed by atoms with E-state index in [-0.39, 0.29) is 17.3 Å². The zero-order valence-electron chi connectivity index (χ0n) is 16.6. The molecule has 0 atom stereocenters. The average Bonchev–Trinajstić information content (AvgIpc) is 2.71. The number of para-hydroxylation sites is 1. The van der Waals surface area contributed by atoms with Crippen molar-refractivity contribution in [3.8, 4) is 5.75 Å². The molecule has 31 heavy (non-hydrogen) atoms. The molecule has 0 heterocycles. The minimum absolute atomic E-state index is 0. The number of nitrogens with one attached hydrogen (secondary N) is 1. The van der Waals surface area contributed by atoms with E-state index in [1.54, 1.807) is 24.3 Å². The van der Waals surface area contributed by atoms with Gasteiger partial charge in [0, 0.05) is 27.7 Å². The Kier molecular flexibility index (Phi) is 9.62. The highest BCUT2D eigenvalue weighted by molar-refractivity contribution is 7.89. The van der Waals surface area contributed by atoms with Gasteiger partial charge in [-0.15, -0.1) is 12.4 Å². The van der Waals surface area contributed by atoms with Gasteiger partial charge in [-0.1, -0.05) is 59.6 Å². The molecule has 166 valence electrons. The van der Waals surface area contributed by atoms with Gasteiger partial charge in [0.2, 0.25) is 10.0 Å². The largest absolute Gasteiger partial charge is 0.489 e. The Labute approximate surface area is 199 Å². The second-order valence-electron chi connectivity index (χ2n) is 6.75. The summed E-state index contributed by atoms with van der Waals surface area (Å²) in [6, 6.07) is 19.8. The molecule has 0 saturated heterocycles. The highest BCUT2D eigenvalue weighted by Crippen LogP contribution is 2.24. The Balaban J connectivity index is 0.00000341. The zero-order valence-corrected chi connectivity index (χ0v) is 19.7. The molecule has 0 amide bonds. The van der Waals surface area contributed by atoms with E-state index in [9.17, 15) is 8.42 Å². The summed E-state index contributed by atoms with van der Waals surface area (Å²) in [6.07, 6.45) is 0.758. The second-order valence-corrected chi connectivity index (χ2v) is 9.15. The first-order valence-electron chi connectivity index (χ1n) is 9.30. The van der Waals surface area contributed by atoms with Crippen molar-refractivity contribution in [3.05, 3.63) is 93.5 Å². The fourth-order valence-corrected chi connectivity index (χ4v) is 3.86. The molecule has 0 aliphatic rings. The fraction of sp³-hybridized carbons (Fsp3) is 0.182. The molecule has 0 saturated carbocycles. The molecule has 0 aromatic heterocycles. The molecular formula is C22H23Cl3N2O3S. The molecule has 3 N–H and O–H groups in total. The van der Waals surface area contributed by atoms with E-state index >= 15 is 0 Å². The molecule has 0 spiro atoms. The molecule has 9 heteroatoms. The Morgan fingerprint density at radius 1 is 0.935 bits per heavy atom. The lowest BCUT2D eigenvalue weighted by Gasteiger charge is -2.13. The van der Waals surface area contributed by atoms with Crippen molar-refractivity contribution in [1.82, 2.24) is 5.32 Å². The van der Waals surface area contributed by atoms with Gasteiger partial charge in [-0.05, 0) is 48.9 Å². The van der Waals surface area contributed by atoms with Crippen LogP contribution in [0.1, 0.15) is 16.7 Å². The van der Waals surface area contributed by atoms with Crippen molar-refractivity contribution < 1.29 is 13.2 Å². The van der Waals surface area contributed by atoms with E-state index in [1.165, 1.54) is 12.1 Å². The predicted octanol–water partition coefficient (Wildman–Crippen LogP) is 4.97. The van der Waals surface area contributed by atoms with E-state index in [0.29, 0.717) is 23.2 Å². The number of halogens is 3. The first-order chi connectivity index (χ1) is 14.3. The van der Waals surface area contributed by atoms with Crippen molar-refractivity contribution >= 4 is 45.6 Å². The summed E-state index contributed by atoms with van der Waals surface area (Å²) < 4.78 is 28.6. The van der Waals surface area contributed by atoms with Gasteiger partial charge < -0.3 is 10.1 Å². The summed E-state index contributed by atoms with van der Waals surface area (Å²) >= 11 is 12.2. The lowest BCUT2D eigenvalue weighted by molar-refractivity contribution is 0.302. The quantitative estimate of drug-likeness (QED) is 0.405. The molecule has 5 nitrogen and oxygen atoms in total. The first-order valence-corrected chi connectivity index (χ1v) is 11.6. The van der Waals surface area contributed by atoms with Crippen LogP contribution in [0.25, 0.3) is 0 Å². The number of hydrogen-bond acceptors (Lipinski definition) is 4. The topological polar surface area (TPSA) is 81.4 Å². The molecule has 3 aromatic rings. The number of primary sulfonamides is 1. The minimum atomic E-state index is -3.66. The monoisotopic (exact) mass is 500 g/mol. The predicted molar refractivity (Wildman–Crippen MR) is 128 cm³/mol. The highest BCUT2D eigenvalue weighted by atomic mass is 35.5. The number of rotatable bonds is 9. The number of ether oxygens (including phenoxy) is 1. The summed E-state index contributed by atoms with van der Waals surface area (Å²) in [5.41, 5.74) is 2.93. The summed E-state index contributed by atoms with van der Waals surface area (Å²) in [7, 11) is -3.66. The summed E-state index contributed by atoms with van der Waals surface area (Å²) in [5.74, 6) is 0.786. The maximum absolute atomic E-state index is 11.3. The van der Waals surface area contributed by atoms with Gasteiger partial charge in [-0.25, -0.2) is 13.6 Å². The van der Waals surface area contributed by atoms with Crippen LogP contribution in [0.15, 0.2) is 71.6 Å². The van der Waals surface area contributed by atoms with Crippen LogP contribution in [0.3, 0.4) is 0 Å². The molecule has 0 aliphatic heterocycles. The van der Waals surface area contributed by atoms with Gasteiger partial charge in [-0.2, -0.15) is 0 Å². The molecule has 3 aromatic carbocycles. The maximum atomic E-state index is 11.3. The van der Waals surface area contributed by atoms with Crippen LogP contribution < -0.4 is 15.2 Å². The Morgan fingerprint density at radius 3 is 2.32 bits per heavy atom. The van der Waals surface area contributed by atoms with Crippen LogP contribution >= 0.6 is 35.6 Å². The van der Waals surface area contributed by atoms with E-state index < -0.39 is 10.0 Å². The van der Waals surface area contributed by atoms with E-state index in [2.05, 4.69) is 5.32 Å². The number of benzene rings is 3. The van der Waals surface area contributed by atoms with Gasteiger partial charge in [-0.3, -0.25) is 0 Å². The summed E-state index contributed by atoms with van der Waals surface area (Å²) in [6.45, 7) is 1.72. The molecule has 0 bridgehead atoms. The number of hydrogen-bond donors (Lipinski definition) is 2. The smallest absolute Gasteiger partial charge is 0.238 e. The van der Waals surface area contributed by atoms with Gasteiger partial charge in [0.15, 0.2) is 0 Å². The van der Waals surface area contributed by atoms with Gasteiger partial charge >= 0.3 is 0 Å². The zero-order chi connectivity index (χ0) is 21.6. The van der Waals surface area contributed by atoms with Crippen molar-refractivity contribution in [3.63, 3.8) is 0 Å². The average molecular weight is 502 g/mol. The molecule has 3 rings (SSSR count). The second kappa shape index (κ2) is 11.7. The minimum Gasteiger partial charge on any atom is -0.489 e. The Hall–Kier alpha value is -1.80. The van der Waals surface area contributed by atoms with Gasteiger partial charge in [0.25, 0.3) is 0 Å². The van der Waals surface area contributed by atoms with Crippen LogP contribution in [0.4, 0.5) is 0 Å². The van der Waals surface area contributed by atoms with Crippen LogP contribution in [0.5, 0.6) is 5.75 Å². The van der Waals surface area contributed by atoms with Crippen molar-refractivity contribution in [2.45, 2.75) is 24.5 Å². The van der Waals surface area contributed by atoms with E-state index in [1.807, 2.05) is 30.3 Å². The third-order valence-electron chi connectivity index (χ3n) is 4.53. The molecule has 0 fully saturated rings. The van der Waals surface area contributed by atoms with Crippen molar-refractivity contribution in [2.75, 3.05) is 6.54 Å². The number of nitrogens with two attached hydrogens (primary N) is 1. The summed E-state index contributed by atoms with van der Waals surface area (Å²) in [5, 5.41) is 9.67. The third-order valence-corrected chi connectivity index (χ3v) is 6.04.